The number of hydrogen-bond donors (Lipinski definition) is 0. The summed E-state index contributed by atoms with van der Waals surface area (Å²) >= 11 is 0. The fourth-order valence-corrected chi connectivity index (χ4v) is 3.15. The van der Waals surface area contributed by atoms with Gasteiger partial charge < -0.3 is 9.69 Å². The molecule has 0 spiro atoms. The number of carbonyl (C=O) groups is 2. The fourth-order valence-electron chi connectivity index (χ4n) is 3.15. The zero-order valence-electron chi connectivity index (χ0n) is 16.6. The molecular weight excluding hydrogens is 298 g/mol. The number of unbranched alkanes of at least 4 members (excludes halogenated alkanes) is 11. The second-order valence-electron chi connectivity index (χ2n) is 7.01. The normalized spacial score (nSPS) is 10.8. The van der Waals surface area contributed by atoms with Gasteiger partial charge in [-0.05, 0) is 33.6 Å². The Labute approximate surface area is 150 Å². The largest absolute Gasteiger partial charge is 0.343 e. The molecule has 24 heavy (non-hydrogen) atoms. The van der Waals surface area contributed by atoms with Crippen LogP contribution >= 0.6 is 0 Å². The van der Waals surface area contributed by atoms with Gasteiger partial charge in [0.15, 0.2) is 0 Å². The third-order valence-electron chi connectivity index (χ3n) is 4.79. The molecule has 0 aliphatic heterocycles. The minimum atomic E-state index is 0.323. The van der Waals surface area contributed by atoms with Crippen molar-refractivity contribution in [2.24, 2.45) is 0 Å². The molecule has 0 heterocycles. The van der Waals surface area contributed by atoms with Crippen LogP contribution in [0.2, 0.25) is 0 Å². The van der Waals surface area contributed by atoms with E-state index >= 15 is 0 Å². The van der Waals surface area contributed by atoms with Crippen LogP contribution in [-0.2, 0) is 9.59 Å². The third-order valence-corrected chi connectivity index (χ3v) is 4.79. The first-order valence-corrected chi connectivity index (χ1v) is 10.4. The lowest BCUT2D eigenvalue weighted by Gasteiger charge is -2.18. The van der Waals surface area contributed by atoms with E-state index in [0.717, 1.165) is 38.8 Å². The van der Waals surface area contributed by atoms with Crippen LogP contribution in [0.5, 0.6) is 0 Å². The van der Waals surface area contributed by atoms with Gasteiger partial charge in [-0.2, -0.15) is 0 Å². The standard InChI is InChI=1S/C21H41NO2/c1-4-22(5-2)21(24)19-17-15-13-11-9-7-6-8-10-12-14-16-18-20(3)23/h4-19H2,1-3H3. The average Bonchev–Trinajstić information content (AvgIpc) is 2.56. The number of amides is 1. The maximum Gasteiger partial charge on any atom is 0.222 e. The first-order valence-electron chi connectivity index (χ1n) is 10.4. The van der Waals surface area contributed by atoms with Crippen LogP contribution in [0.3, 0.4) is 0 Å². The van der Waals surface area contributed by atoms with Gasteiger partial charge in [0, 0.05) is 25.9 Å². The molecule has 0 rings (SSSR count). The Bertz CT molecular complexity index is 311. The summed E-state index contributed by atoms with van der Waals surface area (Å²) in [5.74, 6) is 0.649. The minimum Gasteiger partial charge on any atom is -0.343 e. The van der Waals surface area contributed by atoms with Crippen molar-refractivity contribution in [3.05, 3.63) is 0 Å². The smallest absolute Gasteiger partial charge is 0.222 e. The maximum atomic E-state index is 11.8. The van der Waals surface area contributed by atoms with Crippen LogP contribution in [0.4, 0.5) is 0 Å². The molecule has 1 amide bonds. The molecule has 0 aliphatic rings. The lowest BCUT2D eigenvalue weighted by atomic mass is 10.0. The Hall–Kier alpha value is -0.860. The predicted octanol–water partition coefficient (Wildman–Crippen LogP) is 5.91. The van der Waals surface area contributed by atoms with Crippen molar-refractivity contribution in [2.45, 2.75) is 111 Å². The molecule has 3 nitrogen and oxygen atoms in total. The number of hydrogen-bond acceptors (Lipinski definition) is 2. The summed E-state index contributed by atoms with van der Waals surface area (Å²) in [7, 11) is 0. The summed E-state index contributed by atoms with van der Waals surface area (Å²) in [6, 6.07) is 0. The molecule has 0 aromatic rings. The lowest BCUT2D eigenvalue weighted by Crippen LogP contribution is -2.30. The van der Waals surface area contributed by atoms with Gasteiger partial charge >= 0.3 is 0 Å². The Morgan fingerprint density at radius 1 is 0.583 bits per heavy atom. The van der Waals surface area contributed by atoms with Gasteiger partial charge in [-0.3, -0.25) is 4.79 Å². The molecular formula is C21H41NO2. The second kappa shape index (κ2) is 17.0. The predicted molar refractivity (Wildman–Crippen MR) is 103 cm³/mol. The van der Waals surface area contributed by atoms with Crippen molar-refractivity contribution >= 4 is 11.7 Å². The monoisotopic (exact) mass is 339 g/mol. The number of ketones is 1. The van der Waals surface area contributed by atoms with Crippen LogP contribution in [0.15, 0.2) is 0 Å². The molecule has 0 unspecified atom stereocenters. The molecule has 3 heteroatoms. The third kappa shape index (κ3) is 14.7. The first kappa shape index (κ1) is 23.1. The van der Waals surface area contributed by atoms with Crippen LogP contribution in [-0.4, -0.2) is 29.7 Å². The van der Waals surface area contributed by atoms with Gasteiger partial charge in [-0.15, -0.1) is 0 Å². The molecule has 0 radical (unpaired) electrons. The van der Waals surface area contributed by atoms with Gasteiger partial charge in [0.1, 0.15) is 5.78 Å². The molecule has 0 aromatic carbocycles. The SMILES string of the molecule is CCN(CC)C(=O)CCCCCCCCCCCCCCC(C)=O. The van der Waals surface area contributed by atoms with Crippen LogP contribution in [0.25, 0.3) is 0 Å². The zero-order valence-corrected chi connectivity index (χ0v) is 16.6. The Balaban J connectivity index is 3.20. The summed E-state index contributed by atoms with van der Waals surface area (Å²) < 4.78 is 0. The Kier molecular flexibility index (Phi) is 16.4. The van der Waals surface area contributed by atoms with E-state index in [1.54, 1.807) is 6.92 Å². The number of Topliss-reactive ketones (excluding diaryl/α,β-unsaturated/α-hetero) is 1. The molecule has 0 saturated carbocycles. The van der Waals surface area contributed by atoms with Crippen molar-refractivity contribution in [1.29, 1.82) is 0 Å². The van der Waals surface area contributed by atoms with Gasteiger partial charge in [-0.25, -0.2) is 0 Å². The second-order valence-corrected chi connectivity index (χ2v) is 7.01. The summed E-state index contributed by atoms with van der Waals surface area (Å²) in [4.78, 5) is 24.6. The van der Waals surface area contributed by atoms with Crippen LogP contribution in [0.1, 0.15) is 111 Å². The summed E-state index contributed by atoms with van der Waals surface area (Å²) in [6.07, 6.45) is 16.6. The number of rotatable bonds is 17. The van der Waals surface area contributed by atoms with E-state index in [2.05, 4.69) is 0 Å². The van der Waals surface area contributed by atoms with E-state index in [0.29, 0.717) is 11.7 Å². The van der Waals surface area contributed by atoms with Crippen LogP contribution in [0, 0.1) is 0 Å². The molecule has 0 atom stereocenters. The van der Waals surface area contributed by atoms with E-state index in [9.17, 15) is 9.59 Å². The highest BCUT2D eigenvalue weighted by atomic mass is 16.2. The quantitative estimate of drug-likeness (QED) is 0.309. The van der Waals surface area contributed by atoms with Crippen molar-refractivity contribution < 1.29 is 9.59 Å². The Morgan fingerprint density at radius 2 is 0.917 bits per heavy atom. The highest BCUT2D eigenvalue weighted by molar-refractivity contribution is 5.76. The molecule has 0 bridgehead atoms. The zero-order chi connectivity index (χ0) is 18.0. The van der Waals surface area contributed by atoms with Crippen molar-refractivity contribution in [3.63, 3.8) is 0 Å². The highest BCUT2D eigenvalue weighted by Crippen LogP contribution is 2.13. The average molecular weight is 340 g/mol. The van der Waals surface area contributed by atoms with E-state index in [-0.39, 0.29) is 0 Å². The van der Waals surface area contributed by atoms with Gasteiger partial charge in [-0.1, -0.05) is 64.2 Å². The van der Waals surface area contributed by atoms with Gasteiger partial charge in [0.25, 0.3) is 0 Å². The Morgan fingerprint density at radius 3 is 1.25 bits per heavy atom. The summed E-state index contributed by atoms with van der Waals surface area (Å²) in [5.41, 5.74) is 0. The molecule has 0 aliphatic carbocycles. The first-order chi connectivity index (χ1) is 11.6. The highest BCUT2D eigenvalue weighted by Gasteiger charge is 2.08. The van der Waals surface area contributed by atoms with Gasteiger partial charge in [0.2, 0.25) is 5.91 Å². The van der Waals surface area contributed by atoms with E-state index < -0.39 is 0 Å². The van der Waals surface area contributed by atoms with E-state index in [1.165, 1.54) is 64.2 Å². The minimum absolute atomic E-state index is 0.323. The lowest BCUT2D eigenvalue weighted by molar-refractivity contribution is -0.130. The fraction of sp³-hybridized carbons (Fsp3) is 0.905. The molecule has 0 saturated heterocycles. The van der Waals surface area contributed by atoms with Crippen molar-refractivity contribution in [1.82, 2.24) is 4.90 Å². The summed E-state index contributed by atoms with van der Waals surface area (Å²) in [5, 5.41) is 0. The molecule has 0 fully saturated rings. The van der Waals surface area contributed by atoms with Crippen LogP contribution < -0.4 is 0 Å². The van der Waals surface area contributed by atoms with E-state index in [1.807, 2.05) is 18.7 Å². The molecule has 0 N–H and O–H groups in total. The molecule has 142 valence electrons. The maximum absolute atomic E-state index is 11.8. The van der Waals surface area contributed by atoms with E-state index in [4.69, 9.17) is 0 Å². The van der Waals surface area contributed by atoms with Crippen molar-refractivity contribution in [2.75, 3.05) is 13.1 Å². The topological polar surface area (TPSA) is 37.4 Å². The van der Waals surface area contributed by atoms with Gasteiger partial charge in [0.05, 0.1) is 0 Å². The summed E-state index contributed by atoms with van der Waals surface area (Å²) in [6.45, 7) is 7.46. The van der Waals surface area contributed by atoms with Crippen molar-refractivity contribution in [3.8, 4) is 0 Å². The molecule has 0 aromatic heterocycles. The number of nitrogens with zero attached hydrogens (tertiary/aromatic N) is 1. The number of carbonyl (C=O) groups excluding carboxylic acids is 2.